The maximum absolute atomic E-state index is 11.3. The van der Waals surface area contributed by atoms with E-state index in [1.165, 1.54) is 0 Å². The molecule has 1 amide bonds. The van der Waals surface area contributed by atoms with Crippen molar-refractivity contribution in [1.29, 1.82) is 0 Å². The maximum atomic E-state index is 11.3. The molecule has 1 aromatic carbocycles. The van der Waals surface area contributed by atoms with Gasteiger partial charge < -0.3 is 10.0 Å². The van der Waals surface area contributed by atoms with Crippen LogP contribution in [-0.4, -0.2) is 29.1 Å². The Hall–Kier alpha value is -1.22. The van der Waals surface area contributed by atoms with E-state index in [4.69, 9.17) is 0 Å². The van der Waals surface area contributed by atoms with Crippen molar-refractivity contribution in [3.63, 3.8) is 0 Å². The zero-order valence-electron chi connectivity index (χ0n) is 7.47. The number of amides is 1. The van der Waals surface area contributed by atoms with Gasteiger partial charge >= 0.3 is 0 Å². The number of hydrogen-bond donors (Lipinski definition) is 1. The van der Waals surface area contributed by atoms with Crippen molar-refractivity contribution in [2.24, 2.45) is 0 Å². The molecule has 13 heavy (non-hydrogen) atoms. The fourth-order valence-electron chi connectivity index (χ4n) is 1.83. The Morgan fingerprint density at radius 3 is 2.92 bits per heavy atom. The average Bonchev–Trinajstić information content (AvgIpc) is 2.70. The van der Waals surface area contributed by atoms with Crippen molar-refractivity contribution in [2.45, 2.75) is 18.6 Å². The minimum absolute atomic E-state index is 0.0532. The Morgan fingerprint density at radius 2 is 2.46 bits per heavy atom. The van der Waals surface area contributed by atoms with Crippen LogP contribution in [-0.2, 0) is 4.79 Å². The van der Waals surface area contributed by atoms with Crippen LogP contribution in [0.25, 0.3) is 0 Å². The molecule has 0 bridgehead atoms. The highest BCUT2D eigenvalue weighted by Gasteiger charge is 2.33. The second-order valence-electron chi connectivity index (χ2n) is 3.43. The van der Waals surface area contributed by atoms with E-state index < -0.39 is 6.10 Å². The lowest BCUT2D eigenvalue weighted by Gasteiger charge is -2.23. The number of carbonyl (C=O) groups is 1. The molecule has 0 radical (unpaired) electrons. The molecular formula is C10H12NO2-. The molecule has 0 aromatic heterocycles. The topological polar surface area (TPSA) is 40.5 Å². The van der Waals surface area contributed by atoms with Crippen LogP contribution in [0.4, 0.5) is 0 Å². The summed E-state index contributed by atoms with van der Waals surface area (Å²) in [6, 6.07) is 7.90. The van der Waals surface area contributed by atoms with Crippen molar-refractivity contribution in [3.8, 4) is 0 Å². The fourth-order valence-corrected chi connectivity index (χ4v) is 1.83. The van der Waals surface area contributed by atoms with Crippen molar-refractivity contribution >= 4 is 5.91 Å². The van der Waals surface area contributed by atoms with E-state index in [2.05, 4.69) is 0 Å². The molecule has 3 nitrogen and oxygen atoms in total. The first-order valence-corrected chi connectivity index (χ1v) is 4.36. The van der Waals surface area contributed by atoms with Gasteiger partial charge in [-0.05, 0) is 6.42 Å². The number of aliphatic hydroxyl groups excluding tert-OH is 1. The molecule has 0 aliphatic carbocycles. The molecule has 0 unspecified atom stereocenters. The molecule has 1 N–H and O–H groups in total. The van der Waals surface area contributed by atoms with Gasteiger partial charge in [-0.2, -0.15) is 23.8 Å². The second-order valence-corrected chi connectivity index (χ2v) is 3.43. The lowest BCUT2D eigenvalue weighted by molar-refractivity contribution is -0.134. The van der Waals surface area contributed by atoms with E-state index in [0.717, 1.165) is 5.56 Å². The van der Waals surface area contributed by atoms with Crippen LogP contribution in [0.1, 0.15) is 18.0 Å². The third-order valence-corrected chi connectivity index (χ3v) is 2.62. The van der Waals surface area contributed by atoms with Gasteiger partial charge in [0.25, 0.3) is 5.91 Å². The lowest BCUT2D eigenvalue weighted by Crippen LogP contribution is -2.26. The second kappa shape index (κ2) is 2.92. The molecule has 0 saturated carbocycles. The first-order valence-electron chi connectivity index (χ1n) is 4.36. The van der Waals surface area contributed by atoms with E-state index in [0.29, 0.717) is 6.42 Å². The molecule has 0 spiro atoms. The molecule has 1 aliphatic rings. The van der Waals surface area contributed by atoms with E-state index >= 15 is 0 Å². The monoisotopic (exact) mass is 178 g/mol. The average molecular weight is 178 g/mol. The van der Waals surface area contributed by atoms with Gasteiger partial charge in [0.1, 0.15) is 6.10 Å². The van der Waals surface area contributed by atoms with Gasteiger partial charge in [0.2, 0.25) is 0 Å². The summed E-state index contributed by atoms with van der Waals surface area (Å²) in [5, 5.41) is 9.35. The molecule has 2 atom stereocenters. The first-order chi connectivity index (χ1) is 6.20. The van der Waals surface area contributed by atoms with E-state index in [9.17, 15) is 9.90 Å². The predicted molar refractivity (Wildman–Crippen MR) is 48.2 cm³/mol. The number of likely N-dealkylation sites (tertiary alicyclic amines) is 1. The maximum Gasteiger partial charge on any atom is 0.250 e. The van der Waals surface area contributed by atoms with Gasteiger partial charge in [-0.15, -0.1) is 0 Å². The van der Waals surface area contributed by atoms with E-state index in [1.54, 1.807) is 11.9 Å². The van der Waals surface area contributed by atoms with E-state index in [-0.39, 0.29) is 11.9 Å². The number of nitrogens with zero attached hydrogens (tertiary/aromatic N) is 1. The predicted octanol–water partition coefficient (Wildman–Crippen LogP) is 0.670. The normalized spacial score (nSPS) is 28.5. The quantitative estimate of drug-likeness (QED) is 0.642. The van der Waals surface area contributed by atoms with Gasteiger partial charge in [0.15, 0.2) is 0 Å². The zero-order valence-corrected chi connectivity index (χ0v) is 7.47. The van der Waals surface area contributed by atoms with Crippen molar-refractivity contribution in [2.75, 3.05) is 7.05 Å². The molecule has 1 heterocycles. The standard InChI is InChI=1S/C10H12NO2/c1-11-8(6-9(12)10(11)13)7-4-2-3-5-7/h2-5,8-9,12H,6H2,1H3/q-1/t8-,9-/m0/s1. The molecule has 1 aromatic rings. The molecule has 1 fully saturated rings. The van der Waals surface area contributed by atoms with Crippen LogP contribution in [0.3, 0.4) is 0 Å². The minimum atomic E-state index is -0.815. The third-order valence-electron chi connectivity index (χ3n) is 2.62. The highest BCUT2D eigenvalue weighted by Crippen LogP contribution is 2.31. The Balaban J connectivity index is 2.23. The van der Waals surface area contributed by atoms with Crippen molar-refractivity contribution in [3.05, 3.63) is 29.8 Å². The smallest absolute Gasteiger partial charge is 0.250 e. The first kappa shape index (κ1) is 8.38. The highest BCUT2D eigenvalue weighted by atomic mass is 16.3. The van der Waals surface area contributed by atoms with Gasteiger partial charge in [-0.25, -0.2) is 6.07 Å². The summed E-state index contributed by atoms with van der Waals surface area (Å²) in [6.07, 6.45) is -0.302. The SMILES string of the molecule is CN1C(=O)[C@@H](O)C[C@H]1c1cc[cH-]c1. The Morgan fingerprint density at radius 1 is 1.69 bits per heavy atom. The largest absolute Gasteiger partial charge is 0.383 e. The number of likely N-dealkylation sites (N-methyl/N-ethyl adjacent to an activating group) is 1. The number of carbonyl (C=O) groups excluding carboxylic acids is 1. The van der Waals surface area contributed by atoms with Crippen molar-refractivity contribution < 1.29 is 9.90 Å². The van der Waals surface area contributed by atoms with Gasteiger partial charge in [-0.1, -0.05) is 0 Å². The Bertz CT molecular complexity index is 305. The minimum Gasteiger partial charge on any atom is -0.383 e. The van der Waals surface area contributed by atoms with Crippen LogP contribution in [0.2, 0.25) is 0 Å². The summed E-state index contributed by atoms with van der Waals surface area (Å²) in [5.74, 6) is -0.175. The van der Waals surface area contributed by atoms with Crippen LogP contribution in [0.15, 0.2) is 24.3 Å². The lowest BCUT2D eigenvalue weighted by atomic mass is 10.1. The van der Waals surface area contributed by atoms with Crippen LogP contribution < -0.4 is 0 Å². The van der Waals surface area contributed by atoms with Crippen LogP contribution in [0, 0.1) is 0 Å². The van der Waals surface area contributed by atoms with Crippen molar-refractivity contribution in [1.82, 2.24) is 4.90 Å². The highest BCUT2D eigenvalue weighted by molar-refractivity contribution is 5.83. The summed E-state index contributed by atoms with van der Waals surface area (Å²) < 4.78 is 0. The summed E-state index contributed by atoms with van der Waals surface area (Å²) in [5.41, 5.74) is 1.10. The van der Waals surface area contributed by atoms with Gasteiger partial charge in [-0.3, -0.25) is 4.79 Å². The number of hydrogen-bond acceptors (Lipinski definition) is 2. The molecule has 70 valence electrons. The van der Waals surface area contributed by atoms with Crippen LogP contribution >= 0.6 is 0 Å². The molecule has 1 aliphatic heterocycles. The zero-order chi connectivity index (χ0) is 9.42. The van der Waals surface area contributed by atoms with Gasteiger partial charge in [0, 0.05) is 13.1 Å². The summed E-state index contributed by atoms with van der Waals surface area (Å²) in [4.78, 5) is 12.9. The summed E-state index contributed by atoms with van der Waals surface area (Å²) in [7, 11) is 1.73. The Labute approximate surface area is 77.0 Å². The summed E-state index contributed by atoms with van der Waals surface area (Å²) >= 11 is 0. The molecular weight excluding hydrogens is 166 g/mol. The Kier molecular flexibility index (Phi) is 1.88. The number of rotatable bonds is 1. The molecule has 1 saturated heterocycles. The summed E-state index contributed by atoms with van der Waals surface area (Å²) in [6.45, 7) is 0. The fraction of sp³-hybridized carbons (Fsp3) is 0.400. The van der Waals surface area contributed by atoms with Gasteiger partial charge in [0.05, 0.1) is 0 Å². The molecule has 3 heteroatoms. The molecule has 2 rings (SSSR count). The third kappa shape index (κ3) is 1.25. The van der Waals surface area contributed by atoms with Crippen LogP contribution in [0.5, 0.6) is 0 Å². The number of aliphatic hydroxyl groups is 1. The van der Waals surface area contributed by atoms with E-state index in [1.807, 2.05) is 24.3 Å².